The molecule has 0 saturated carbocycles. The highest BCUT2D eigenvalue weighted by Crippen LogP contribution is 2.30. The summed E-state index contributed by atoms with van der Waals surface area (Å²) in [6.07, 6.45) is 0. The van der Waals surface area contributed by atoms with Crippen LogP contribution in [0, 0.1) is 6.92 Å². The van der Waals surface area contributed by atoms with Crippen molar-refractivity contribution in [2.75, 3.05) is 5.73 Å². The standard InChI is InChI=1S/C15H18ClN3S/c1-9(2)14-18-13(17)10(3)15(19-14)20-8-11-6-4-5-7-12(11)16/h4-7,9H,8H2,1-3H3,(H2,17,18,19). The van der Waals surface area contributed by atoms with E-state index in [0.717, 1.165) is 32.8 Å². The van der Waals surface area contributed by atoms with Crippen molar-refractivity contribution >= 4 is 29.2 Å². The molecule has 0 atom stereocenters. The van der Waals surface area contributed by atoms with Gasteiger partial charge >= 0.3 is 0 Å². The van der Waals surface area contributed by atoms with Crippen molar-refractivity contribution in [3.05, 3.63) is 46.2 Å². The summed E-state index contributed by atoms with van der Waals surface area (Å²) in [5.41, 5.74) is 8.00. The number of nitrogen functional groups attached to an aromatic ring is 1. The van der Waals surface area contributed by atoms with E-state index in [2.05, 4.69) is 23.8 Å². The zero-order valence-electron chi connectivity index (χ0n) is 11.9. The first-order valence-electron chi connectivity index (χ1n) is 6.49. The maximum atomic E-state index is 6.17. The molecule has 3 nitrogen and oxygen atoms in total. The topological polar surface area (TPSA) is 51.8 Å². The highest BCUT2D eigenvalue weighted by atomic mass is 35.5. The smallest absolute Gasteiger partial charge is 0.134 e. The summed E-state index contributed by atoms with van der Waals surface area (Å²) in [5.74, 6) is 2.38. The molecule has 0 amide bonds. The minimum absolute atomic E-state index is 0.262. The fourth-order valence-corrected chi connectivity index (χ4v) is 2.99. The average Bonchev–Trinajstić information content (AvgIpc) is 2.41. The molecule has 2 rings (SSSR count). The molecular formula is C15H18ClN3S. The van der Waals surface area contributed by atoms with E-state index in [1.807, 2.05) is 31.2 Å². The Bertz CT molecular complexity index is 614. The molecule has 1 aromatic carbocycles. The number of anilines is 1. The summed E-state index contributed by atoms with van der Waals surface area (Å²) < 4.78 is 0. The van der Waals surface area contributed by atoms with Gasteiger partial charge in [-0.05, 0) is 18.6 Å². The molecule has 5 heteroatoms. The van der Waals surface area contributed by atoms with Gasteiger partial charge in [0.15, 0.2) is 0 Å². The van der Waals surface area contributed by atoms with Crippen LogP contribution in [0.1, 0.15) is 36.7 Å². The maximum Gasteiger partial charge on any atom is 0.134 e. The molecule has 2 N–H and O–H groups in total. The number of nitrogens with zero attached hydrogens (tertiary/aromatic N) is 2. The average molecular weight is 308 g/mol. The third-order valence-electron chi connectivity index (χ3n) is 2.99. The Hall–Kier alpha value is -1.26. The van der Waals surface area contributed by atoms with Crippen LogP contribution < -0.4 is 5.73 Å². The fourth-order valence-electron chi connectivity index (χ4n) is 1.69. The highest BCUT2D eigenvalue weighted by Gasteiger charge is 2.12. The lowest BCUT2D eigenvalue weighted by atomic mass is 10.2. The molecular weight excluding hydrogens is 290 g/mol. The van der Waals surface area contributed by atoms with Gasteiger partial charge in [-0.3, -0.25) is 0 Å². The van der Waals surface area contributed by atoms with Crippen molar-refractivity contribution in [2.45, 2.75) is 37.5 Å². The molecule has 0 unspecified atom stereocenters. The summed E-state index contributed by atoms with van der Waals surface area (Å²) in [7, 11) is 0. The first-order chi connectivity index (χ1) is 9.49. The van der Waals surface area contributed by atoms with Gasteiger partial charge in [0, 0.05) is 22.3 Å². The Morgan fingerprint density at radius 2 is 1.95 bits per heavy atom. The number of halogens is 1. The van der Waals surface area contributed by atoms with Crippen molar-refractivity contribution in [1.82, 2.24) is 9.97 Å². The van der Waals surface area contributed by atoms with Crippen LogP contribution in [0.3, 0.4) is 0 Å². The van der Waals surface area contributed by atoms with Gasteiger partial charge < -0.3 is 5.73 Å². The van der Waals surface area contributed by atoms with Crippen LogP contribution >= 0.6 is 23.4 Å². The number of thioether (sulfide) groups is 1. The van der Waals surface area contributed by atoms with E-state index in [9.17, 15) is 0 Å². The molecule has 0 radical (unpaired) electrons. The fraction of sp³-hybridized carbons (Fsp3) is 0.333. The third-order valence-corrected chi connectivity index (χ3v) is 4.49. The van der Waals surface area contributed by atoms with Gasteiger partial charge in [0.1, 0.15) is 16.7 Å². The van der Waals surface area contributed by atoms with Crippen molar-refractivity contribution in [2.24, 2.45) is 0 Å². The van der Waals surface area contributed by atoms with E-state index in [4.69, 9.17) is 17.3 Å². The van der Waals surface area contributed by atoms with Gasteiger partial charge in [-0.1, -0.05) is 43.6 Å². The third kappa shape index (κ3) is 3.44. The monoisotopic (exact) mass is 307 g/mol. The number of benzene rings is 1. The van der Waals surface area contributed by atoms with Crippen molar-refractivity contribution in [1.29, 1.82) is 0 Å². The first-order valence-corrected chi connectivity index (χ1v) is 7.85. The van der Waals surface area contributed by atoms with Gasteiger partial charge in [-0.15, -0.1) is 11.8 Å². The highest BCUT2D eigenvalue weighted by molar-refractivity contribution is 7.98. The van der Waals surface area contributed by atoms with Crippen LogP contribution in [0.25, 0.3) is 0 Å². The molecule has 106 valence electrons. The van der Waals surface area contributed by atoms with E-state index in [1.165, 1.54) is 0 Å². The molecule has 0 aliphatic carbocycles. The van der Waals surface area contributed by atoms with Crippen LogP contribution in [-0.4, -0.2) is 9.97 Å². The van der Waals surface area contributed by atoms with Crippen LogP contribution in [0.15, 0.2) is 29.3 Å². The molecule has 2 aromatic rings. The number of hydrogen-bond acceptors (Lipinski definition) is 4. The molecule has 0 aliphatic rings. The predicted octanol–water partition coefficient (Wildman–Crippen LogP) is 4.44. The Labute approximate surface area is 129 Å². The van der Waals surface area contributed by atoms with Gasteiger partial charge in [-0.2, -0.15) is 0 Å². The van der Waals surface area contributed by atoms with Gasteiger partial charge in [0.2, 0.25) is 0 Å². The van der Waals surface area contributed by atoms with Crippen LogP contribution in [0.5, 0.6) is 0 Å². The summed E-state index contributed by atoms with van der Waals surface area (Å²) in [5, 5.41) is 1.71. The molecule has 1 aromatic heterocycles. The van der Waals surface area contributed by atoms with Crippen molar-refractivity contribution in [3.8, 4) is 0 Å². The van der Waals surface area contributed by atoms with Gasteiger partial charge in [-0.25, -0.2) is 9.97 Å². The van der Waals surface area contributed by atoms with E-state index in [0.29, 0.717) is 5.82 Å². The Morgan fingerprint density at radius 3 is 2.60 bits per heavy atom. The summed E-state index contributed by atoms with van der Waals surface area (Å²) in [6, 6.07) is 7.85. The van der Waals surface area contributed by atoms with Crippen molar-refractivity contribution in [3.63, 3.8) is 0 Å². The number of nitrogens with two attached hydrogens (primary N) is 1. The van der Waals surface area contributed by atoms with Crippen molar-refractivity contribution < 1.29 is 0 Å². The van der Waals surface area contributed by atoms with Gasteiger partial charge in [0.25, 0.3) is 0 Å². The van der Waals surface area contributed by atoms with E-state index < -0.39 is 0 Å². The lowest BCUT2D eigenvalue weighted by Gasteiger charge is -2.11. The summed E-state index contributed by atoms with van der Waals surface area (Å²) in [6.45, 7) is 6.08. The second-order valence-electron chi connectivity index (χ2n) is 4.93. The molecule has 0 fully saturated rings. The van der Waals surface area contributed by atoms with Crippen LogP contribution in [0.2, 0.25) is 5.02 Å². The molecule has 0 saturated heterocycles. The lowest BCUT2D eigenvalue weighted by Crippen LogP contribution is -2.05. The number of rotatable bonds is 4. The number of hydrogen-bond donors (Lipinski definition) is 1. The zero-order chi connectivity index (χ0) is 14.7. The van der Waals surface area contributed by atoms with E-state index >= 15 is 0 Å². The quantitative estimate of drug-likeness (QED) is 0.670. The Kier molecular flexibility index (Phi) is 4.89. The van der Waals surface area contributed by atoms with E-state index in [1.54, 1.807) is 11.8 Å². The maximum absolute atomic E-state index is 6.17. The second-order valence-corrected chi connectivity index (χ2v) is 6.30. The molecule has 1 heterocycles. The van der Waals surface area contributed by atoms with E-state index in [-0.39, 0.29) is 5.92 Å². The SMILES string of the molecule is Cc1c(N)nc(C(C)C)nc1SCc1ccccc1Cl. The zero-order valence-corrected chi connectivity index (χ0v) is 13.4. The summed E-state index contributed by atoms with van der Waals surface area (Å²) >= 11 is 7.82. The lowest BCUT2D eigenvalue weighted by molar-refractivity contribution is 0.751. The Morgan fingerprint density at radius 1 is 1.25 bits per heavy atom. The second kappa shape index (κ2) is 6.46. The molecule has 0 bridgehead atoms. The van der Waals surface area contributed by atoms with Crippen LogP contribution in [0.4, 0.5) is 5.82 Å². The normalized spacial score (nSPS) is 11.1. The number of aromatic nitrogens is 2. The Balaban J connectivity index is 2.23. The largest absolute Gasteiger partial charge is 0.383 e. The minimum Gasteiger partial charge on any atom is -0.383 e. The molecule has 0 spiro atoms. The summed E-state index contributed by atoms with van der Waals surface area (Å²) in [4.78, 5) is 8.94. The first kappa shape index (κ1) is 15.1. The van der Waals surface area contributed by atoms with Crippen LogP contribution in [-0.2, 0) is 5.75 Å². The van der Waals surface area contributed by atoms with Gasteiger partial charge in [0.05, 0.1) is 0 Å². The predicted molar refractivity (Wildman–Crippen MR) is 86.3 cm³/mol. The molecule has 20 heavy (non-hydrogen) atoms. The molecule has 0 aliphatic heterocycles. The minimum atomic E-state index is 0.262.